The number of benzene rings is 1. The van der Waals surface area contributed by atoms with Crippen LogP contribution in [0.4, 0.5) is 0 Å². The first kappa shape index (κ1) is 15.3. The second-order valence-corrected chi connectivity index (χ2v) is 6.62. The Hall–Kier alpha value is -2.25. The normalized spacial score (nSPS) is 27.1. The van der Waals surface area contributed by atoms with Gasteiger partial charge in [0.05, 0.1) is 12.1 Å². The van der Waals surface area contributed by atoms with Crippen LogP contribution in [0, 0.1) is 0 Å². The van der Waals surface area contributed by atoms with Crippen molar-refractivity contribution in [1.82, 2.24) is 19.7 Å². The van der Waals surface area contributed by atoms with Crippen LogP contribution in [0.15, 0.2) is 30.6 Å². The minimum absolute atomic E-state index is 0.0560. The van der Waals surface area contributed by atoms with Gasteiger partial charge in [-0.3, -0.25) is 9.69 Å². The van der Waals surface area contributed by atoms with Gasteiger partial charge in [-0.25, -0.2) is 9.67 Å². The quantitative estimate of drug-likeness (QED) is 0.864. The van der Waals surface area contributed by atoms with E-state index in [1.807, 2.05) is 18.2 Å². The molecule has 2 aliphatic rings. The summed E-state index contributed by atoms with van der Waals surface area (Å²) < 4.78 is 1.74. The Morgan fingerprint density at radius 3 is 2.92 bits per heavy atom. The number of carbonyl (C=O) groups excluding carboxylic acids is 1. The van der Waals surface area contributed by atoms with E-state index in [0.29, 0.717) is 0 Å². The summed E-state index contributed by atoms with van der Waals surface area (Å²) >= 11 is 0. The topological polar surface area (TPSA) is 97.3 Å². The third-order valence-corrected chi connectivity index (χ3v) is 5.17. The summed E-state index contributed by atoms with van der Waals surface area (Å²) in [5.74, 6) is -0.552. The van der Waals surface area contributed by atoms with Gasteiger partial charge in [-0.2, -0.15) is 0 Å². The van der Waals surface area contributed by atoms with Crippen molar-refractivity contribution in [2.24, 2.45) is 5.73 Å². The zero-order valence-electron chi connectivity index (χ0n) is 13.4. The van der Waals surface area contributed by atoms with Crippen LogP contribution >= 0.6 is 0 Å². The fourth-order valence-electron chi connectivity index (χ4n) is 3.95. The molecule has 0 unspecified atom stereocenters. The Balaban J connectivity index is 1.50. The lowest BCUT2D eigenvalue weighted by atomic mass is 10.0. The van der Waals surface area contributed by atoms with Gasteiger partial charge in [0.15, 0.2) is 0 Å². The highest BCUT2D eigenvalue weighted by atomic mass is 16.3. The Morgan fingerprint density at radius 1 is 1.33 bits per heavy atom. The van der Waals surface area contributed by atoms with Crippen molar-refractivity contribution in [2.45, 2.75) is 37.5 Å². The van der Waals surface area contributed by atoms with E-state index < -0.39 is 12.0 Å². The van der Waals surface area contributed by atoms with Crippen molar-refractivity contribution in [2.75, 3.05) is 13.1 Å². The number of fused-ring (bicyclic) bond motifs is 1. The molecule has 1 fully saturated rings. The number of aliphatic hydroxyl groups is 1. The first-order chi connectivity index (χ1) is 11.6. The molecule has 2 aromatic rings. The van der Waals surface area contributed by atoms with E-state index in [2.05, 4.69) is 21.0 Å². The molecule has 2 heterocycles. The van der Waals surface area contributed by atoms with Gasteiger partial charge in [0.25, 0.3) is 5.91 Å². The van der Waals surface area contributed by atoms with Crippen molar-refractivity contribution in [3.63, 3.8) is 0 Å². The van der Waals surface area contributed by atoms with Crippen molar-refractivity contribution >= 4 is 5.91 Å². The SMILES string of the molecule is NC(=O)c1ncn([C@@H]2CCCN([C@@H]3Cc4ccccc4[C@@H]3O)C2)n1. The first-order valence-corrected chi connectivity index (χ1v) is 8.34. The molecule has 3 N–H and O–H groups in total. The van der Waals surface area contributed by atoms with E-state index in [-0.39, 0.29) is 17.9 Å². The maximum absolute atomic E-state index is 11.2. The number of hydrogen-bond acceptors (Lipinski definition) is 5. The van der Waals surface area contributed by atoms with Gasteiger partial charge in [0.1, 0.15) is 6.33 Å². The molecule has 1 aliphatic carbocycles. The standard InChI is InChI=1S/C17H21N5O2/c18-16(24)17-19-10-22(20-17)12-5-3-7-21(9-12)14-8-11-4-1-2-6-13(11)15(14)23/h1-2,4,6,10,12,14-15,23H,3,5,7-9H2,(H2,18,24)/t12-,14-,15+/m1/s1. The average molecular weight is 327 g/mol. The molecule has 0 radical (unpaired) electrons. The number of carbonyl (C=O) groups is 1. The molecule has 7 heteroatoms. The van der Waals surface area contributed by atoms with Gasteiger partial charge >= 0.3 is 0 Å². The highest BCUT2D eigenvalue weighted by molar-refractivity contribution is 5.88. The molecule has 1 saturated heterocycles. The number of hydrogen-bond donors (Lipinski definition) is 2. The third kappa shape index (κ3) is 2.59. The fraction of sp³-hybridized carbons (Fsp3) is 0.471. The summed E-state index contributed by atoms with van der Waals surface area (Å²) in [6.45, 7) is 1.75. The first-order valence-electron chi connectivity index (χ1n) is 8.34. The molecule has 0 saturated carbocycles. The highest BCUT2D eigenvalue weighted by Crippen LogP contribution is 2.36. The lowest BCUT2D eigenvalue weighted by molar-refractivity contribution is 0.0345. The molecule has 126 valence electrons. The third-order valence-electron chi connectivity index (χ3n) is 5.17. The Morgan fingerprint density at radius 2 is 2.17 bits per heavy atom. The largest absolute Gasteiger partial charge is 0.387 e. The number of aliphatic hydroxyl groups excluding tert-OH is 1. The Bertz CT molecular complexity index is 759. The van der Waals surface area contributed by atoms with Crippen LogP contribution in [0.3, 0.4) is 0 Å². The minimum Gasteiger partial charge on any atom is -0.387 e. The zero-order chi connectivity index (χ0) is 16.7. The van der Waals surface area contributed by atoms with E-state index in [1.165, 1.54) is 5.56 Å². The second-order valence-electron chi connectivity index (χ2n) is 6.62. The fourth-order valence-corrected chi connectivity index (χ4v) is 3.95. The van der Waals surface area contributed by atoms with E-state index >= 15 is 0 Å². The lowest BCUT2D eigenvalue weighted by Gasteiger charge is -2.37. The van der Waals surface area contributed by atoms with E-state index in [9.17, 15) is 9.90 Å². The molecule has 7 nitrogen and oxygen atoms in total. The highest BCUT2D eigenvalue weighted by Gasteiger charge is 2.37. The zero-order valence-corrected chi connectivity index (χ0v) is 13.4. The maximum atomic E-state index is 11.2. The number of amides is 1. The van der Waals surface area contributed by atoms with Crippen LogP contribution in [0.1, 0.15) is 46.7 Å². The summed E-state index contributed by atoms with van der Waals surface area (Å²) in [4.78, 5) is 17.5. The van der Waals surface area contributed by atoms with Crippen LogP contribution < -0.4 is 5.73 Å². The van der Waals surface area contributed by atoms with Crippen LogP contribution in [-0.2, 0) is 6.42 Å². The molecule has 1 amide bonds. The van der Waals surface area contributed by atoms with Gasteiger partial charge in [-0.05, 0) is 36.9 Å². The summed E-state index contributed by atoms with van der Waals surface area (Å²) in [5.41, 5.74) is 7.50. The average Bonchev–Trinajstić information content (AvgIpc) is 3.21. The maximum Gasteiger partial charge on any atom is 0.288 e. The molecule has 0 spiro atoms. The van der Waals surface area contributed by atoms with Crippen molar-refractivity contribution in [3.05, 3.63) is 47.5 Å². The van der Waals surface area contributed by atoms with Crippen molar-refractivity contribution in [3.8, 4) is 0 Å². The van der Waals surface area contributed by atoms with E-state index in [0.717, 1.165) is 37.9 Å². The lowest BCUT2D eigenvalue weighted by Crippen LogP contribution is -2.45. The number of rotatable bonds is 3. The number of primary amides is 1. The molecule has 1 aromatic carbocycles. The van der Waals surface area contributed by atoms with E-state index in [4.69, 9.17) is 5.73 Å². The molecule has 3 atom stereocenters. The van der Waals surface area contributed by atoms with Crippen molar-refractivity contribution < 1.29 is 9.90 Å². The number of nitrogens with zero attached hydrogens (tertiary/aromatic N) is 4. The monoisotopic (exact) mass is 327 g/mol. The minimum atomic E-state index is -0.608. The molecular weight excluding hydrogens is 306 g/mol. The summed E-state index contributed by atoms with van der Waals surface area (Å²) in [5, 5.41) is 14.9. The van der Waals surface area contributed by atoms with Gasteiger partial charge in [-0.1, -0.05) is 24.3 Å². The van der Waals surface area contributed by atoms with Crippen LogP contribution in [0.25, 0.3) is 0 Å². The molecule has 1 aromatic heterocycles. The predicted octanol–water partition coefficient (Wildman–Crippen LogP) is 0.672. The Kier molecular flexibility index (Phi) is 3.82. The van der Waals surface area contributed by atoms with Gasteiger partial charge in [0, 0.05) is 12.6 Å². The molecule has 1 aliphatic heterocycles. The summed E-state index contributed by atoms with van der Waals surface area (Å²) in [6.07, 6.45) is 4.00. The van der Waals surface area contributed by atoms with Crippen LogP contribution in [0.2, 0.25) is 0 Å². The summed E-state index contributed by atoms with van der Waals surface area (Å²) in [7, 11) is 0. The van der Waals surface area contributed by atoms with Crippen LogP contribution in [-0.4, -0.2) is 49.8 Å². The molecule has 0 bridgehead atoms. The van der Waals surface area contributed by atoms with Gasteiger partial charge in [-0.15, -0.1) is 5.10 Å². The molecular formula is C17H21N5O2. The number of nitrogens with two attached hydrogens (primary N) is 1. The van der Waals surface area contributed by atoms with Crippen molar-refractivity contribution in [1.29, 1.82) is 0 Å². The van der Waals surface area contributed by atoms with E-state index in [1.54, 1.807) is 11.0 Å². The number of likely N-dealkylation sites (tertiary alicyclic amines) is 1. The smallest absolute Gasteiger partial charge is 0.288 e. The number of piperidine rings is 1. The summed E-state index contributed by atoms with van der Waals surface area (Å²) in [6, 6.07) is 8.35. The van der Waals surface area contributed by atoms with Gasteiger partial charge in [0.2, 0.25) is 5.82 Å². The molecule has 4 rings (SSSR count). The van der Waals surface area contributed by atoms with Crippen LogP contribution in [0.5, 0.6) is 0 Å². The second kappa shape index (κ2) is 5.99. The molecule has 24 heavy (non-hydrogen) atoms. The predicted molar refractivity (Wildman–Crippen MR) is 87.3 cm³/mol. The number of aromatic nitrogens is 3. The Labute approximate surface area is 140 Å². The van der Waals surface area contributed by atoms with Gasteiger partial charge < -0.3 is 10.8 Å².